The first-order chi connectivity index (χ1) is 11.5. The largest absolute Gasteiger partial charge is 0.467 e. The smallest absolute Gasteiger partial charge is 0.251 e. The predicted molar refractivity (Wildman–Crippen MR) is 94.8 cm³/mol. The first-order valence-corrected chi connectivity index (χ1v) is 7.76. The van der Waals surface area contributed by atoms with E-state index in [9.17, 15) is 4.79 Å². The fourth-order valence-corrected chi connectivity index (χ4v) is 2.34. The summed E-state index contributed by atoms with van der Waals surface area (Å²) < 4.78 is 5.21. The van der Waals surface area contributed by atoms with Gasteiger partial charge < -0.3 is 19.5 Å². The van der Waals surface area contributed by atoms with Crippen LogP contribution in [0.2, 0.25) is 0 Å². The highest BCUT2D eigenvalue weighted by Gasteiger charge is 2.08. The van der Waals surface area contributed by atoms with E-state index in [4.69, 9.17) is 4.42 Å². The quantitative estimate of drug-likeness (QED) is 0.675. The molecular formula is C18H24N4O2. The van der Waals surface area contributed by atoms with Crippen LogP contribution >= 0.6 is 0 Å². The van der Waals surface area contributed by atoms with Gasteiger partial charge in [0, 0.05) is 33.8 Å². The van der Waals surface area contributed by atoms with Crippen LogP contribution in [0, 0.1) is 0 Å². The van der Waals surface area contributed by atoms with Gasteiger partial charge in [-0.25, -0.2) is 4.99 Å². The zero-order valence-corrected chi connectivity index (χ0v) is 14.6. The molecule has 6 heteroatoms. The van der Waals surface area contributed by atoms with E-state index in [2.05, 4.69) is 10.3 Å². The molecule has 2 rings (SSSR count). The molecule has 0 aliphatic carbocycles. The predicted octanol–water partition coefficient (Wildman–Crippen LogP) is 2.19. The normalized spacial score (nSPS) is 10.2. The summed E-state index contributed by atoms with van der Waals surface area (Å²) in [6, 6.07) is 11.1. The van der Waals surface area contributed by atoms with Gasteiger partial charge >= 0.3 is 0 Å². The highest BCUT2D eigenvalue weighted by Crippen LogP contribution is 2.08. The molecule has 0 unspecified atom stereocenters. The molecule has 1 aromatic heterocycles. The molecule has 0 spiro atoms. The molecule has 0 radical (unpaired) electrons. The number of hydrogen-bond donors (Lipinski definition) is 1. The van der Waals surface area contributed by atoms with E-state index in [0.29, 0.717) is 18.7 Å². The molecule has 1 heterocycles. The number of amides is 1. The molecular weight excluding hydrogens is 304 g/mol. The SMILES string of the molecule is CN(C)C(=NCc1cccc(C(=O)NCc2ccco2)c1)N(C)C. The third-order valence-corrected chi connectivity index (χ3v) is 3.40. The van der Waals surface area contributed by atoms with Crippen molar-refractivity contribution in [2.24, 2.45) is 4.99 Å². The Labute approximate surface area is 142 Å². The number of furan rings is 1. The van der Waals surface area contributed by atoms with Gasteiger partial charge in [0.15, 0.2) is 5.96 Å². The van der Waals surface area contributed by atoms with Crippen LogP contribution in [0.4, 0.5) is 0 Å². The lowest BCUT2D eigenvalue weighted by Crippen LogP contribution is -2.35. The highest BCUT2D eigenvalue weighted by molar-refractivity contribution is 5.94. The van der Waals surface area contributed by atoms with Gasteiger partial charge in [0.2, 0.25) is 0 Å². The molecule has 0 aliphatic rings. The second-order valence-electron chi connectivity index (χ2n) is 5.87. The van der Waals surface area contributed by atoms with Crippen molar-refractivity contribution in [2.45, 2.75) is 13.1 Å². The lowest BCUT2D eigenvalue weighted by molar-refractivity contribution is 0.0948. The van der Waals surface area contributed by atoms with Gasteiger partial charge in [0.1, 0.15) is 5.76 Å². The molecule has 0 bridgehead atoms. The Morgan fingerprint density at radius 1 is 1.12 bits per heavy atom. The summed E-state index contributed by atoms with van der Waals surface area (Å²) in [4.78, 5) is 20.8. The third kappa shape index (κ3) is 4.87. The number of benzene rings is 1. The number of rotatable bonds is 5. The summed E-state index contributed by atoms with van der Waals surface area (Å²) in [7, 11) is 7.82. The summed E-state index contributed by atoms with van der Waals surface area (Å²) in [6.45, 7) is 0.893. The summed E-state index contributed by atoms with van der Waals surface area (Å²) in [5.41, 5.74) is 1.60. The van der Waals surface area contributed by atoms with Crippen LogP contribution in [-0.4, -0.2) is 49.9 Å². The van der Waals surface area contributed by atoms with Crippen LogP contribution in [0.1, 0.15) is 21.7 Å². The Morgan fingerprint density at radius 2 is 1.88 bits per heavy atom. The van der Waals surface area contributed by atoms with Crippen LogP contribution in [0.15, 0.2) is 52.1 Å². The molecule has 24 heavy (non-hydrogen) atoms. The number of carbonyl (C=O) groups is 1. The number of guanidine groups is 1. The number of nitrogens with one attached hydrogen (secondary N) is 1. The minimum Gasteiger partial charge on any atom is -0.467 e. The lowest BCUT2D eigenvalue weighted by atomic mass is 10.1. The zero-order valence-electron chi connectivity index (χ0n) is 14.6. The van der Waals surface area contributed by atoms with Crippen molar-refractivity contribution < 1.29 is 9.21 Å². The Kier molecular flexibility index (Phi) is 6.01. The Balaban J connectivity index is 2.02. The van der Waals surface area contributed by atoms with Gasteiger partial charge in [-0.05, 0) is 29.8 Å². The van der Waals surface area contributed by atoms with Crippen LogP contribution in [0.5, 0.6) is 0 Å². The fourth-order valence-electron chi connectivity index (χ4n) is 2.34. The summed E-state index contributed by atoms with van der Waals surface area (Å²) in [6.07, 6.45) is 1.59. The molecule has 1 amide bonds. The highest BCUT2D eigenvalue weighted by atomic mass is 16.3. The minimum absolute atomic E-state index is 0.127. The molecule has 1 N–H and O–H groups in total. The van der Waals surface area contributed by atoms with E-state index in [1.165, 1.54) is 0 Å². The van der Waals surface area contributed by atoms with E-state index in [-0.39, 0.29) is 5.91 Å². The molecule has 6 nitrogen and oxygen atoms in total. The maximum absolute atomic E-state index is 12.2. The topological polar surface area (TPSA) is 61.1 Å². The van der Waals surface area contributed by atoms with E-state index in [0.717, 1.165) is 17.3 Å². The van der Waals surface area contributed by atoms with Crippen LogP contribution < -0.4 is 5.32 Å². The van der Waals surface area contributed by atoms with Crippen molar-refractivity contribution in [2.75, 3.05) is 28.2 Å². The van der Waals surface area contributed by atoms with Crippen molar-refractivity contribution in [3.63, 3.8) is 0 Å². The van der Waals surface area contributed by atoms with Crippen LogP contribution in [0.25, 0.3) is 0 Å². The second-order valence-corrected chi connectivity index (χ2v) is 5.87. The third-order valence-electron chi connectivity index (χ3n) is 3.40. The van der Waals surface area contributed by atoms with Crippen molar-refractivity contribution in [3.8, 4) is 0 Å². The molecule has 128 valence electrons. The van der Waals surface area contributed by atoms with E-state index in [1.807, 2.05) is 62.3 Å². The van der Waals surface area contributed by atoms with Crippen molar-refractivity contribution >= 4 is 11.9 Å². The monoisotopic (exact) mass is 328 g/mol. The minimum atomic E-state index is -0.127. The summed E-state index contributed by atoms with van der Waals surface area (Å²) in [5.74, 6) is 1.48. The standard InChI is InChI=1S/C18H24N4O2/c1-21(2)18(22(3)4)20-12-14-7-5-8-15(11-14)17(23)19-13-16-9-6-10-24-16/h5-11H,12-13H2,1-4H3,(H,19,23). The van der Waals surface area contributed by atoms with E-state index >= 15 is 0 Å². The van der Waals surface area contributed by atoms with Crippen molar-refractivity contribution in [3.05, 3.63) is 59.5 Å². The average Bonchev–Trinajstić information content (AvgIpc) is 3.06. The second kappa shape index (κ2) is 8.19. The summed E-state index contributed by atoms with van der Waals surface area (Å²) in [5, 5.41) is 2.84. The van der Waals surface area contributed by atoms with Crippen molar-refractivity contribution in [1.82, 2.24) is 15.1 Å². The van der Waals surface area contributed by atoms with Gasteiger partial charge in [-0.3, -0.25) is 4.79 Å². The van der Waals surface area contributed by atoms with Crippen LogP contribution in [-0.2, 0) is 13.1 Å². The van der Waals surface area contributed by atoms with Crippen molar-refractivity contribution in [1.29, 1.82) is 0 Å². The fraction of sp³-hybridized carbons (Fsp3) is 0.333. The maximum atomic E-state index is 12.2. The lowest BCUT2D eigenvalue weighted by Gasteiger charge is -2.22. The molecule has 0 atom stereocenters. The molecule has 0 aliphatic heterocycles. The molecule has 0 saturated heterocycles. The Morgan fingerprint density at radius 3 is 2.50 bits per heavy atom. The molecule has 1 aromatic carbocycles. The summed E-state index contributed by atoms with van der Waals surface area (Å²) >= 11 is 0. The van der Waals surface area contributed by atoms with Crippen LogP contribution in [0.3, 0.4) is 0 Å². The van der Waals surface area contributed by atoms with Gasteiger partial charge in [-0.2, -0.15) is 0 Å². The van der Waals surface area contributed by atoms with E-state index < -0.39 is 0 Å². The molecule has 2 aromatic rings. The Hall–Kier alpha value is -2.76. The first-order valence-electron chi connectivity index (χ1n) is 7.76. The average molecular weight is 328 g/mol. The van der Waals surface area contributed by atoms with Gasteiger partial charge in [0.25, 0.3) is 5.91 Å². The first kappa shape index (κ1) is 17.6. The van der Waals surface area contributed by atoms with E-state index in [1.54, 1.807) is 18.4 Å². The number of aliphatic imine (C=N–C) groups is 1. The zero-order chi connectivity index (χ0) is 17.5. The maximum Gasteiger partial charge on any atom is 0.251 e. The van der Waals surface area contributed by atoms with Gasteiger partial charge in [0.05, 0.1) is 19.4 Å². The number of carbonyl (C=O) groups excluding carboxylic acids is 1. The number of nitrogens with zero attached hydrogens (tertiary/aromatic N) is 3. The number of hydrogen-bond acceptors (Lipinski definition) is 3. The van der Waals surface area contributed by atoms with Gasteiger partial charge in [-0.1, -0.05) is 12.1 Å². The molecule has 0 saturated carbocycles. The van der Waals surface area contributed by atoms with Gasteiger partial charge in [-0.15, -0.1) is 0 Å². The Bertz CT molecular complexity index is 681. The molecule has 0 fully saturated rings.